The second kappa shape index (κ2) is 4.45. The number of hydrogen-bond acceptors (Lipinski definition) is 4. The van der Waals surface area contributed by atoms with Crippen molar-refractivity contribution in [1.29, 1.82) is 0 Å². The van der Waals surface area contributed by atoms with Crippen molar-refractivity contribution in [3.05, 3.63) is 10.6 Å². The van der Waals surface area contributed by atoms with Crippen LogP contribution in [0.3, 0.4) is 0 Å². The summed E-state index contributed by atoms with van der Waals surface area (Å²) in [5, 5.41) is 1.20. The van der Waals surface area contributed by atoms with E-state index < -0.39 is 0 Å². The third-order valence-electron chi connectivity index (χ3n) is 4.73. The third-order valence-corrected chi connectivity index (χ3v) is 6.02. The summed E-state index contributed by atoms with van der Waals surface area (Å²) in [4.78, 5) is 8.70. The zero-order valence-electron chi connectivity index (χ0n) is 12.4. The summed E-state index contributed by atoms with van der Waals surface area (Å²) in [5.74, 6) is 1.54. The molecule has 2 heterocycles. The topological polar surface area (TPSA) is 42.2 Å². The van der Waals surface area contributed by atoms with Crippen LogP contribution in [0.4, 0.5) is 5.13 Å². The molecule has 1 aromatic heterocycles. The summed E-state index contributed by atoms with van der Waals surface area (Å²) in [6.45, 7) is 11.6. The van der Waals surface area contributed by atoms with Crippen molar-refractivity contribution in [3.8, 4) is 0 Å². The minimum atomic E-state index is 0.183. The molecule has 106 valence electrons. The van der Waals surface area contributed by atoms with Crippen LogP contribution in [-0.4, -0.2) is 18.1 Å². The summed E-state index contributed by atoms with van der Waals surface area (Å²) in [7, 11) is 0. The molecule has 19 heavy (non-hydrogen) atoms. The number of anilines is 1. The molecule has 1 aliphatic carbocycles. The van der Waals surface area contributed by atoms with Gasteiger partial charge in [0.05, 0.1) is 5.69 Å². The summed E-state index contributed by atoms with van der Waals surface area (Å²) in [6, 6.07) is 0.183. The molecule has 3 rings (SSSR count). The van der Waals surface area contributed by atoms with Gasteiger partial charge in [-0.25, -0.2) is 4.98 Å². The van der Waals surface area contributed by atoms with Crippen molar-refractivity contribution in [3.63, 3.8) is 0 Å². The molecule has 0 spiro atoms. The Labute approximate surface area is 120 Å². The largest absolute Gasteiger partial charge is 0.348 e. The molecule has 1 fully saturated rings. The van der Waals surface area contributed by atoms with Crippen LogP contribution >= 0.6 is 11.3 Å². The lowest BCUT2D eigenvalue weighted by atomic mass is 9.77. The van der Waals surface area contributed by atoms with E-state index >= 15 is 0 Å². The Morgan fingerprint density at radius 2 is 1.89 bits per heavy atom. The molecule has 1 saturated heterocycles. The highest BCUT2D eigenvalue weighted by Crippen LogP contribution is 2.44. The molecule has 2 N–H and O–H groups in total. The second-order valence-corrected chi connectivity index (χ2v) is 8.33. The lowest BCUT2D eigenvalue weighted by molar-refractivity contribution is 0.282. The van der Waals surface area contributed by atoms with Crippen LogP contribution in [0.1, 0.15) is 50.7 Å². The molecule has 3 nitrogen and oxygen atoms in total. The number of nitrogens with zero attached hydrogens (tertiary/aromatic N) is 2. The monoisotopic (exact) mass is 279 g/mol. The van der Waals surface area contributed by atoms with E-state index in [9.17, 15) is 0 Å². The highest BCUT2D eigenvalue weighted by Gasteiger charge is 2.35. The molecule has 0 saturated carbocycles. The summed E-state index contributed by atoms with van der Waals surface area (Å²) >= 11 is 1.84. The van der Waals surface area contributed by atoms with Gasteiger partial charge in [0.1, 0.15) is 0 Å². The van der Waals surface area contributed by atoms with Crippen LogP contribution in [0.25, 0.3) is 0 Å². The summed E-state index contributed by atoms with van der Waals surface area (Å²) in [6.07, 6.45) is 2.15. The Morgan fingerprint density at radius 1 is 1.26 bits per heavy atom. The van der Waals surface area contributed by atoms with Crippen LogP contribution in [0.5, 0.6) is 0 Å². The van der Waals surface area contributed by atoms with Gasteiger partial charge in [-0.2, -0.15) is 0 Å². The van der Waals surface area contributed by atoms with E-state index in [-0.39, 0.29) is 6.04 Å². The fourth-order valence-electron chi connectivity index (χ4n) is 3.40. The second-order valence-electron chi connectivity index (χ2n) is 7.32. The first kappa shape index (κ1) is 13.4. The molecule has 0 radical (unpaired) electrons. The molecule has 1 aliphatic heterocycles. The molecular formula is C15H25N3S. The van der Waals surface area contributed by atoms with Gasteiger partial charge in [0.2, 0.25) is 0 Å². The zero-order chi connectivity index (χ0) is 13.8. The highest BCUT2D eigenvalue weighted by atomic mass is 32.1. The van der Waals surface area contributed by atoms with E-state index in [1.165, 1.54) is 15.7 Å². The molecule has 0 aromatic carbocycles. The minimum Gasteiger partial charge on any atom is -0.348 e. The van der Waals surface area contributed by atoms with Crippen molar-refractivity contribution < 1.29 is 0 Å². The number of aromatic nitrogens is 1. The Hall–Kier alpha value is -0.610. The van der Waals surface area contributed by atoms with Crippen molar-refractivity contribution in [2.45, 2.75) is 46.6 Å². The Bertz CT molecular complexity index is 470. The molecule has 1 aromatic rings. The predicted octanol–water partition coefficient (Wildman–Crippen LogP) is 3.21. The first-order chi connectivity index (χ1) is 8.85. The van der Waals surface area contributed by atoms with E-state index in [1.54, 1.807) is 0 Å². The SMILES string of the molecule is CC1CN(c2nc3c(s2)C(N)CC(C)(C)C3)CC1C. The number of fused-ring (bicyclic) bond motifs is 1. The molecule has 0 bridgehead atoms. The van der Waals surface area contributed by atoms with E-state index in [1.807, 2.05) is 11.3 Å². The van der Waals surface area contributed by atoms with E-state index in [0.717, 1.165) is 37.8 Å². The van der Waals surface area contributed by atoms with Gasteiger partial charge in [0.25, 0.3) is 0 Å². The van der Waals surface area contributed by atoms with Crippen molar-refractivity contribution in [2.75, 3.05) is 18.0 Å². The Morgan fingerprint density at radius 3 is 2.53 bits per heavy atom. The Kier molecular flexibility index (Phi) is 3.13. The maximum atomic E-state index is 6.34. The van der Waals surface area contributed by atoms with Crippen molar-refractivity contribution in [1.82, 2.24) is 4.98 Å². The number of rotatable bonds is 1. The van der Waals surface area contributed by atoms with Gasteiger partial charge in [0.15, 0.2) is 5.13 Å². The van der Waals surface area contributed by atoms with Crippen molar-refractivity contribution in [2.24, 2.45) is 23.0 Å². The average molecular weight is 279 g/mol. The van der Waals surface area contributed by atoms with E-state index in [4.69, 9.17) is 10.7 Å². The van der Waals surface area contributed by atoms with Gasteiger partial charge in [-0.15, -0.1) is 0 Å². The van der Waals surface area contributed by atoms with Gasteiger partial charge < -0.3 is 10.6 Å². The minimum absolute atomic E-state index is 0.183. The third kappa shape index (κ3) is 2.40. The summed E-state index contributed by atoms with van der Waals surface area (Å²) < 4.78 is 0. The maximum absolute atomic E-state index is 6.34. The summed E-state index contributed by atoms with van der Waals surface area (Å²) in [5.41, 5.74) is 7.90. The van der Waals surface area contributed by atoms with Crippen LogP contribution in [-0.2, 0) is 6.42 Å². The zero-order valence-corrected chi connectivity index (χ0v) is 13.3. The van der Waals surface area contributed by atoms with Crippen molar-refractivity contribution >= 4 is 16.5 Å². The van der Waals surface area contributed by atoms with E-state index in [2.05, 4.69) is 32.6 Å². The lowest BCUT2D eigenvalue weighted by Crippen LogP contribution is -2.28. The maximum Gasteiger partial charge on any atom is 0.185 e. The van der Waals surface area contributed by atoms with Gasteiger partial charge in [0, 0.05) is 24.0 Å². The number of thiazole rings is 1. The first-order valence-electron chi connectivity index (χ1n) is 7.36. The molecule has 0 amide bonds. The smallest absolute Gasteiger partial charge is 0.185 e. The normalized spacial score (nSPS) is 33.5. The highest BCUT2D eigenvalue weighted by molar-refractivity contribution is 7.15. The van der Waals surface area contributed by atoms with E-state index in [0.29, 0.717) is 5.41 Å². The van der Waals surface area contributed by atoms with Crippen LogP contribution < -0.4 is 10.6 Å². The molecule has 3 unspecified atom stereocenters. The van der Waals surface area contributed by atoms with Gasteiger partial charge in [-0.05, 0) is 30.1 Å². The van der Waals surface area contributed by atoms with Crippen LogP contribution in [0, 0.1) is 17.3 Å². The van der Waals surface area contributed by atoms with Gasteiger partial charge >= 0.3 is 0 Å². The molecule has 2 aliphatic rings. The molecular weight excluding hydrogens is 254 g/mol. The average Bonchev–Trinajstić information content (AvgIpc) is 2.82. The van der Waals surface area contributed by atoms with Crippen LogP contribution in [0.2, 0.25) is 0 Å². The van der Waals surface area contributed by atoms with Crippen LogP contribution in [0.15, 0.2) is 0 Å². The fourth-order valence-corrected chi connectivity index (χ4v) is 4.50. The lowest BCUT2D eigenvalue weighted by Gasteiger charge is -2.32. The number of hydrogen-bond donors (Lipinski definition) is 1. The Balaban J connectivity index is 1.87. The first-order valence-corrected chi connectivity index (χ1v) is 8.17. The van der Waals surface area contributed by atoms with Gasteiger partial charge in [-0.3, -0.25) is 0 Å². The predicted molar refractivity (Wildman–Crippen MR) is 81.7 cm³/mol. The standard InChI is InChI=1S/C15H25N3S/c1-9-7-18(8-10(9)2)14-17-12-6-15(3,4)5-11(16)13(12)19-14/h9-11H,5-8,16H2,1-4H3. The fraction of sp³-hybridized carbons (Fsp3) is 0.800. The number of nitrogens with two attached hydrogens (primary N) is 1. The quantitative estimate of drug-likeness (QED) is 0.858. The molecule has 4 heteroatoms. The van der Waals surface area contributed by atoms with Gasteiger partial charge in [-0.1, -0.05) is 39.0 Å². The molecule has 3 atom stereocenters.